The molecule has 1 aliphatic rings. The van der Waals surface area contributed by atoms with Gasteiger partial charge in [-0.15, -0.1) is 0 Å². The Morgan fingerprint density at radius 3 is 3.00 bits per heavy atom. The van der Waals surface area contributed by atoms with Gasteiger partial charge in [0.15, 0.2) is 0 Å². The lowest BCUT2D eigenvalue weighted by Crippen LogP contribution is -2.37. The summed E-state index contributed by atoms with van der Waals surface area (Å²) in [7, 11) is 1.60. The Morgan fingerprint density at radius 1 is 1.64 bits per heavy atom. The minimum Gasteiger partial charge on any atom is -0.383 e. The summed E-state index contributed by atoms with van der Waals surface area (Å²) >= 11 is 0. The summed E-state index contributed by atoms with van der Waals surface area (Å²) in [6.07, 6.45) is 1.37. The second-order valence-corrected chi connectivity index (χ2v) is 3.34. The second-order valence-electron chi connectivity index (χ2n) is 3.34. The van der Waals surface area contributed by atoms with E-state index in [1.807, 2.05) is 0 Å². The standard InChI is InChI=1S/C9H18N2O3/c1-13-5-4-11-9(12)8-3-2-7(6-10)14-8/h7-8H,2-6,10H2,1H3,(H,11,12). The van der Waals surface area contributed by atoms with E-state index in [2.05, 4.69) is 5.32 Å². The molecule has 1 heterocycles. The zero-order valence-electron chi connectivity index (χ0n) is 8.49. The molecule has 1 fully saturated rings. The third kappa shape index (κ3) is 3.25. The molecule has 5 heteroatoms. The third-order valence-corrected chi connectivity index (χ3v) is 2.27. The fourth-order valence-electron chi connectivity index (χ4n) is 1.46. The quantitative estimate of drug-likeness (QED) is 0.576. The summed E-state index contributed by atoms with van der Waals surface area (Å²) in [6.45, 7) is 1.54. The van der Waals surface area contributed by atoms with E-state index in [0.717, 1.165) is 12.8 Å². The zero-order chi connectivity index (χ0) is 10.4. The number of nitrogens with one attached hydrogen (secondary N) is 1. The highest BCUT2D eigenvalue weighted by Crippen LogP contribution is 2.18. The first kappa shape index (κ1) is 11.4. The number of ether oxygens (including phenoxy) is 2. The van der Waals surface area contributed by atoms with Gasteiger partial charge in [-0.1, -0.05) is 0 Å². The molecule has 0 bridgehead atoms. The molecule has 0 radical (unpaired) electrons. The third-order valence-electron chi connectivity index (χ3n) is 2.27. The maximum atomic E-state index is 11.4. The lowest BCUT2D eigenvalue weighted by molar-refractivity contribution is -0.132. The maximum Gasteiger partial charge on any atom is 0.249 e. The van der Waals surface area contributed by atoms with Gasteiger partial charge in [0.1, 0.15) is 6.10 Å². The summed E-state index contributed by atoms with van der Waals surface area (Å²) in [5.74, 6) is -0.0574. The Bertz CT molecular complexity index is 187. The van der Waals surface area contributed by atoms with Crippen LogP contribution in [0.15, 0.2) is 0 Å². The number of amides is 1. The van der Waals surface area contributed by atoms with Crippen LogP contribution < -0.4 is 11.1 Å². The minimum absolute atomic E-state index is 0.0492. The van der Waals surface area contributed by atoms with Gasteiger partial charge >= 0.3 is 0 Å². The Kier molecular flexibility index (Phi) is 4.86. The van der Waals surface area contributed by atoms with E-state index in [4.69, 9.17) is 15.2 Å². The SMILES string of the molecule is COCCNC(=O)C1CCC(CN)O1. The molecule has 2 unspecified atom stereocenters. The van der Waals surface area contributed by atoms with Crippen LogP contribution in [-0.4, -0.2) is 44.9 Å². The smallest absolute Gasteiger partial charge is 0.249 e. The monoisotopic (exact) mass is 202 g/mol. The molecular formula is C9H18N2O3. The average molecular weight is 202 g/mol. The molecule has 14 heavy (non-hydrogen) atoms. The van der Waals surface area contributed by atoms with Crippen molar-refractivity contribution in [2.45, 2.75) is 25.0 Å². The molecule has 0 aromatic carbocycles. The van der Waals surface area contributed by atoms with E-state index in [0.29, 0.717) is 19.7 Å². The van der Waals surface area contributed by atoms with Crippen molar-refractivity contribution in [2.24, 2.45) is 5.73 Å². The molecule has 0 aromatic heterocycles. The lowest BCUT2D eigenvalue weighted by Gasteiger charge is -2.12. The molecule has 0 saturated carbocycles. The van der Waals surface area contributed by atoms with Crippen LogP contribution in [0, 0.1) is 0 Å². The van der Waals surface area contributed by atoms with E-state index >= 15 is 0 Å². The van der Waals surface area contributed by atoms with Gasteiger partial charge in [0.05, 0.1) is 12.7 Å². The molecule has 0 spiro atoms. The highest BCUT2D eigenvalue weighted by molar-refractivity contribution is 5.80. The number of nitrogens with two attached hydrogens (primary N) is 1. The van der Waals surface area contributed by atoms with Crippen molar-refractivity contribution in [1.29, 1.82) is 0 Å². The summed E-state index contributed by atoms with van der Waals surface area (Å²) < 4.78 is 10.2. The van der Waals surface area contributed by atoms with Crippen molar-refractivity contribution in [1.82, 2.24) is 5.32 Å². The van der Waals surface area contributed by atoms with Gasteiger partial charge in [-0.2, -0.15) is 0 Å². The van der Waals surface area contributed by atoms with Gasteiger partial charge in [-0.3, -0.25) is 4.79 Å². The topological polar surface area (TPSA) is 73.6 Å². The molecule has 0 aliphatic carbocycles. The first-order chi connectivity index (χ1) is 6.77. The largest absolute Gasteiger partial charge is 0.383 e. The van der Waals surface area contributed by atoms with Crippen molar-refractivity contribution < 1.29 is 14.3 Å². The van der Waals surface area contributed by atoms with Crippen molar-refractivity contribution in [3.8, 4) is 0 Å². The Hall–Kier alpha value is -0.650. The number of carbonyl (C=O) groups is 1. The van der Waals surface area contributed by atoms with Gasteiger partial charge < -0.3 is 20.5 Å². The highest BCUT2D eigenvalue weighted by atomic mass is 16.5. The van der Waals surface area contributed by atoms with Gasteiger partial charge in [0, 0.05) is 20.2 Å². The Morgan fingerprint density at radius 2 is 2.43 bits per heavy atom. The van der Waals surface area contributed by atoms with Crippen LogP contribution in [0.25, 0.3) is 0 Å². The fourth-order valence-corrected chi connectivity index (χ4v) is 1.46. The number of carbonyl (C=O) groups excluding carboxylic acids is 1. The van der Waals surface area contributed by atoms with Crippen LogP contribution >= 0.6 is 0 Å². The van der Waals surface area contributed by atoms with Crippen molar-refractivity contribution >= 4 is 5.91 Å². The van der Waals surface area contributed by atoms with Gasteiger partial charge in [-0.25, -0.2) is 0 Å². The fraction of sp³-hybridized carbons (Fsp3) is 0.889. The number of rotatable bonds is 5. The maximum absolute atomic E-state index is 11.4. The van der Waals surface area contributed by atoms with Gasteiger partial charge in [-0.05, 0) is 12.8 Å². The van der Waals surface area contributed by atoms with Gasteiger partial charge in [0.25, 0.3) is 0 Å². The second kappa shape index (κ2) is 5.95. The summed E-state index contributed by atoms with van der Waals surface area (Å²) in [5.41, 5.74) is 5.44. The van der Waals surface area contributed by atoms with Crippen LogP contribution in [-0.2, 0) is 14.3 Å². The molecule has 1 amide bonds. The van der Waals surface area contributed by atoms with Gasteiger partial charge in [0.2, 0.25) is 5.91 Å². The first-order valence-corrected chi connectivity index (χ1v) is 4.90. The van der Waals surface area contributed by atoms with Crippen molar-refractivity contribution in [2.75, 3.05) is 26.8 Å². The van der Waals surface area contributed by atoms with E-state index in [9.17, 15) is 4.79 Å². The summed E-state index contributed by atoms with van der Waals surface area (Å²) in [5, 5.41) is 2.74. The van der Waals surface area contributed by atoms with E-state index in [1.165, 1.54) is 0 Å². The number of methoxy groups -OCH3 is 1. The Labute approximate surface area is 83.9 Å². The normalized spacial score (nSPS) is 26.4. The zero-order valence-corrected chi connectivity index (χ0v) is 8.49. The highest BCUT2D eigenvalue weighted by Gasteiger charge is 2.29. The van der Waals surface area contributed by atoms with Crippen LogP contribution in [0.4, 0.5) is 0 Å². The van der Waals surface area contributed by atoms with Crippen LogP contribution in [0.2, 0.25) is 0 Å². The molecule has 0 aromatic rings. The number of hydrogen-bond donors (Lipinski definition) is 2. The van der Waals surface area contributed by atoms with E-state index in [1.54, 1.807) is 7.11 Å². The van der Waals surface area contributed by atoms with E-state index in [-0.39, 0.29) is 18.1 Å². The van der Waals surface area contributed by atoms with E-state index < -0.39 is 0 Å². The van der Waals surface area contributed by atoms with Crippen molar-refractivity contribution in [3.63, 3.8) is 0 Å². The van der Waals surface area contributed by atoms with Crippen LogP contribution in [0.5, 0.6) is 0 Å². The Balaban J connectivity index is 2.18. The minimum atomic E-state index is -0.319. The number of hydrogen-bond acceptors (Lipinski definition) is 4. The van der Waals surface area contributed by atoms with Crippen LogP contribution in [0.3, 0.4) is 0 Å². The van der Waals surface area contributed by atoms with Crippen LogP contribution in [0.1, 0.15) is 12.8 Å². The lowest BCUT2D eigenvalue weighted by atomic mass is 10.2. The first-order valence-electron chi connectivity index (χ1n) is 4.90. The average Bonchev–Trinajstić information content (AvgIpc) is 2.66. The summed E-state index contributed by atoms with van der Waals surface area (Å²) in [6, 6.07) is 0. The molecule has 1 saturated heterocycles. The molecule has 2 atom stereocenters. The molecule has 82 valence electrons. The molecule has 3 N–H and O–H groups in total. The molecular weight excluding hydrogens is 184 g/mol. The predicted molar refractivity (Wildman–Crippen MR) is 51.8 cm³/mol. The predicted octanol–water partition coefficient (Wildman–Crippen LogP) is -0.745. The molecule has 1 aliphatic heterocycles. The summed E-state index contributed by atoms with van der Waals surface area (Å²) in [4.78, 5) is 11.4. The van der Waals surface area contributed by atoms with Crippen molar-refractivity contribution in [3.05, 3.63) is 0 Å². The molecule has 1 rings (SSSR count). The molecule has 5 nitrogen and oxygen atoms in total.